The van der Waals surface area contributed by atoms with Gasteiger partial charge in [0.1, 0.15) is 11.7 Å². The zero-order valence-corrected chi connectivity index (χ0v) is 7.94. The van der Waals surface area contributed by atoms with Crippen molar-refractivity contribution in [2.24, 2.45) is 11.1 Å². The molecule has 0 aromatic heterocycles. The van der Waals surface area contributed by atoms with Gasteiger partial charge in [-0.05, 0) is 31.1 Å². The fourth-order valence-corrected chi connectivity index (χ4v) is 2.63. The maximum Gasteiger partial charge on any atom is 0.320 e. The molecule has 0 amide bonds. The Kier molecular flexibility index (Phi) is 2.33. The molecule has 0 radical (unpaired) electrons. The van der Waals surface area contributed by atoms with E-state index in [4.69, 9.17) is 10.8 Å². The van der Waals surface area contributed by atoms with Crippen molar-refractivity contribution in [3.63, 3.8) is 0 Å². The van der Waals surface area contributed by atoms with E-state index in [0.29, 0.717) is 25.7 Å². The summed E-state index contributed by atoms with van der Waals surface area (Å²) in [4.78, 5) is 10.4. The first kappa shape index (κ1) is 10.7. The van der Waals surface area contributed by atoms with Gasteiger partial charge in [0.2, 0.25) is 0 Å². The summed E-state index contributed by atoms with van der Waals surface area (Å²) in [6, 6.07) is -0.810. The molecule has 0 heterocycles. The molecule has 3 aliphatic carbocycles. The predicted molar refractivity (Wildman–Crippen MR) is 47.6 cm³/mol. The van der Waals surface area contributed by atoms with E-state index in [9.17, 15) is 9.18 Å². The SMILES string of the molecule is Cl.NC(CC12CC(F)(C1)C2)C(=O)O. The Morgan fingerprint density at radius 3 is 2.31 bits per heavy atom. The molecule has 3 aliphatic rings. The first-order chi connectivity index (χ1) is 5.45. The van der Waals surface area contributed by atoms with Crippen LogP contribution in [-0.2, 0) is 4.79 Å². The van der Waals surface area contributed by atoms with Crippen molar-refractivity contribution in [3.05, 3.63) is 0 Å². The molecule has 0 aromatic carbocycles. The van der Waals surface area contributed by atoms with Crippen molar-refractivity contribution in [1.29, 1.82) is 0 Å². The number of carbonyl (C=O) groups is 1. The molecular formula is C8H13ClFNO2. The molecule has 1 atom stereocenters. The molecule has 76 valence electrons. The average Bonchev–Trinajstić information content (AvgIpc) is 1.81. The van der Waals surface area contributed by atoms with Crippen LogP contribution < -0.4 is 5.73 Å². The third-order valence-corrected chi connectivity index (χ3v) is 3.05. The van der Waals surface area contributed by atoms with Crippen LogP contribution in [0.4, 0.5) is 4.39 Å². The van der Waals surface area contributed by atoms with Crippen LogP contribution in [0, 0.1) is 5.41 Å². The molecule has 1 unspecified atom stereocenters. The van der Waals surface area contributed by atoms with E-state index in [2.05, 4.69) is 0 Å². The smallest absolute Gasteiger partial charge is 0.320 e. The van der Waals surface area contributed by atoms with Gasteiger partial charge < -0.3 is 10.8 Å². The molecule has 3 saturated carbocycles. The highest BCUT2D eigenvalue weighted by Crippen LogP contribution is 2.71. The Morgan fingerprint density at radius 1 is 1.54 bits per heavy atom. The summed E-state index contributed by atoms with van der Waals surface area (Å²) >= 11 is 0. The number of halogens is 2. The normalized spacial score (nSPS) is 42.3. The first-order valence-electron chi connectivity index (χ1n) is 4.12. The third-order valence-electron chi connectivity index (χ3n) is 3.05. The fraction of sp³-hybridized carbons (Fsp3) is 0.875. The van der Waals surface area contributed by atoms with Crippen molar-refractivity contribution in [1.82, 2.24) is 0 Å². The molecule has 0 spiro atoms. The minimum absolute atomic E-state index is 0. The van der Waals surface area contributed by atoms with Crippen LogP contribution in [0.1, 0.15) is 25.7 Å². The summed E-state index contributed by atoms with van der Waals surface area (Å²) in [5, 5.41) is 8.53. The van der Waals surface area contributed by atoms with Gasteiger partial charge in [-0.2, -0.15) is 0 Å². The lowest BCUT2D eigenvalue weighted by atomic mass is 9.41. The number of hydrogen-bond acceptors (Lipinski definition) is 2. The Labute approximate surface area is 81.9 Å². The maximum absolute atomic E-state index is 13.0. The minimum atomic E-state index is -0.979. The highest BCUT2D eigenvalue weighted by atomic mass is 35.5. The summed E-state index contributed by atoms with van der Waals surface area (Å²) in [6.07, 6.45) is 2.02. The molecular weight excluding hydrogens is 197 g/mol. The molecule has 3 rings (SSSR count). The fourth-order valence-electron chi connectivity index (χ4n) is 2.63. The van der Waals surface area contributed by atoms with Gasteiger partial charge in [0.05, 0.1) is 0 Å². The van der Waals surface area contributed by atoms with E-state index in [1.807, 2.05) is 0 Å². The molecule has 13 heavy (non-hydrogen) atoms. The summed E-state index contributed by atoms with van der Waals surface area (Å²) in [5.41, 5.74) is 4.36. The van der Waals surface area contributed by atoms with Crippen molar-refractivity contribution >= 4 is 18.4 Å². The molecule has 0 aromatic rings. The Balaban J connectivity index is 0.000000845. The van der Waals surface area contributed by atoms with Gasteiger partial charge in [-0.3, -0.25) is 4.79 Å². The minimum Gasteiger partial charge on any atom is -0.480 e. The van der Waals surface area contributed by atoms with E-state index in [1.54, 1.807) is 0 Å². The molecule has 3 nitrogen and oxygen atoms in total. The number of carboxylic acid groups (broad SMARTS) is 1. The summed E-state index contributed by atoms with van der Waals surface area (Å²) in [5.74, 6) is -0.979. The molecule has 0 saturated heterocycles. The predicted octanol–water partition coefficient (Wildman–Crippen LogP) is 1.10. The molecule has 5 heteroatoms. The van der Waals surface area contributed by atoms with Crippen LogP contribution in [0.15, 0.2) is 0 Å². The topological polar surface area (TPSA) is 63.3 Å². The van der Waals surface area contributed by atoms with Gasteiger partial charge in [0.25, 0.3) is 0 Å². The number of carboxylic acids is 1. The van der Waals surface area contributed by atoms with Gasteiger partial charge in [-0.1, -0.05) is 0 Å². The molecule has 2 bridgehead atoms. The van der Waals surface area contributed by atoms with Gasteiger partial charge in [0.15, 0.2) is 0 Å². The van der Waals surface area contributed by atoms with Gasteiger partial charge in [0, 0.05) is 0 Å². The van der Waals surface area contributed by atoms with E-state index in [1.165, 1.54) is 0 Å². The van der Waals surface area contributed by atoms with Crippen molar-refractivity contribution in [2.75, 3.05) is 0 Å². The molecule has 3 fully saturated rings. The van der Waals surface area contributed by atoms with Crippen molar-refractivity contribution in [2.45, 2.75) is 37.4 Å². The number of aliphatic carboxylic acids is 1. The third kappa shape index (κ3) is 1.53. The van der Waals surface area contributed by atoms with Crippen LogP contribution in [0.3, 0.4) is 0 Å². The lowest BCUT2D eigenvalue weighted by Gasteiger charge is -2.66. The highest BCUT2D eigenvalue weighted by Gasteiger charge is 2.69. The monoisotopic (exact) mass is 209 g/mol. The van der Waals surface area contributed by atoms with Crippen LogP contribution in [0.2, 0.25) is 0 Å². The summed E-state index contributed by atoms with van der Waals surface area (Å²) in [7, 11) is 0. The Bertz CT molecular complexity index is 227. The highest BCUT2D eigenvalue weighted by molar-refractivity contribution is 5.85. The van der Waals surface area contributed by atoms with Gasteiger partial charge in [-0.15, -0.1) is 12.4 Å². The number of nitrogens with two attached hydrogens (primary N) is 1. The first-order valence-corrected chi connectivity index (χ1v) is 4.12. The summed E-state index contributed by atoms with van der Waals surface area (Å²) < 4.78 is 13.0. The Morgan fingerprint density at radius 2 is 2.00 bits per heavy atom. The van der Waals surface area contributed by atoms with Crippen LogP contribution in [0.25, 0.3) is 0 Å². The van der Waals surface area contributed by atoms with E-state index in [-0.39, 0.29) is 17.8 Å². The van der Waals surface area contributed by atoms with Crippen LogP contribution >= 0.6 is 12.4 Å². The number of rotatable bonds is 3. The quantitative estimate of drug-likeness (QED) is 0.732. The second kappa shape index (κ2) is 2.82. The maximum atomic E-state index is 13.0. The Hall–Kier alpha value is -0.350. The second-order valence-electron chi connectivity index (χ2n) is 4.33. The van der Waals surface area contributed by atoms with E-state index in [0.717, 1.165) is 0 Å². The second-order valence-corrected chi connectivity index (χ2v) is 4.33. The van der Waals surface area contributed by atoms with Crippen LogP contribution in [0.5, 0.6) is 0 Å². The number of alkyl halides is 1. The lowest BCUT2D eigenvalue weighted by Crippen LogP contribution is -2.65. The van der Waals surface area contributed by atoms with Gasteiger partial charge in [-0.25, -0.2) is 4.39 Å². The van der Waals surface area contributed by atoms with E-state index >= 15 is 0 Å². The van der Waals surface area contributed by atoms with Crippen molar-refractivity contribution in [3.8, 4) is 0 Å². The average molecular weight is 210 g/mol. The lowest BCUT2D eigenvalue weighted by molar-refractivity contribution is -0.219. The van der Waals surface area contributed by atoms with E-state index < -0.39 is 17.7 Å². The molecule has 0 aliphatic heterocycles. The van der Waals surface area contributed by atoms with Gasteiger partial charge >= 0.3 is 5.97 Å². The van der Waals surface area contributed by atoms with Crippen LogP contribution in [-0.4, -0.2) is 22.8 Å². The zero-order valence-electron chi connectivity index (χ0n) is 7.12. The standard InChI is InChI=1S/C8H12FNO2.ClH/c9-8-2-7(3-8,4-8)1-5(10)6(11)12;/h5H,1-4,10H2,(H,11,12);1H. The summed E-state index contributed by atoms with van der Waals surface area (Å²) in [6.45, 7) is 0. The van der Waals surface area contributed by atoms with Crippen molar-refractivity contribution < 1.29 is 14.3 Å². The number of hydrogen-bond donors (Lipinski definition) is 2. The largest absolute Gasteiger partial charge is 0.480 e. The molecule has 3 N–H and O–H groups in total. The zero-order chi connectivity index (χ0) is 8.98.